The van der Waals surface area contributed by atoms with E-state index in [1.54, 1.807) is 0 Å². The molecular formula is C33H22O. The summed E-state index contributed by atoms with van der Waals surface area (Å²) in [5.41, 5.74) is 6.80. The van der Waals surface area contributed by atoms with Crippen LogP contribution in [0.3, 0.4) is 0 Å². The van der Waals surface area contributed by atoms with Crippen LogP contribution in [0.4, 0.5) is 0 Å². The number of furan rings is 1. The van der Waals surface area contributed by atoms with Crippen LogP contribution in [0.2, 0.25) is 0 Å². The number of hydrogen-bond acceptors (Lipinski definition) is 1. The van der Waals surface area contributed by atoms with Gasteiger partial charge in [-0.2, -0.15) is 0 Å². The first-order valence-electron chi connectivity index (χ1n) is 11.7. The van der Waals surface area contributed by atoms with E-state index in [1.807, 2.05) is 0 Å². The summed E-state index contributed by atoms with van der Waals surface area (Å²) in [7, 11) is 0. The number of hydrogen-bond donors (Lipinski definition) is 0. The van der Waals surface area contributed by atoms with Crippen molar-refractivity contribution >= 4 is 43.5 Å². The summed E-state index contributed by atoms with van der Waals surface area (Å²) >= 11 is 0. The molecule has 1 heteroatoms. The van der Waals surface area contributed by atoms with E-state index in [-0.39, 0.29) is 0 Å². The van der Waals surface area contributed by atoms with Gasteiger partial charge in [0.15, 0.2) is 0 Å². The molecule has 0 saturated carbocycles. The molecule has 0 atom stereocenters. The van der Waals surface area contributed by atoms with Gasteiger partial charge in [-0.3, -0.25) is 0 Å². The van der Waals surface area contributed by atoms with Gasteiger partial charge in [-0.1, -0.05) is 115 Å². The minimum atomic E-state index is 0.830. The molecule has 160 valence electrons. The van der Waals surface area contributed by atoms with Crippen molar-refractivity contribution in [1.29, 1.82) is 0 Å². The van der Waals surface area contributed by atoms with Crippen molar-refractivity contribution in [2.75, 3.05) is 0 Å². The Bertz CT molecular complexity index is 1820. The summed E-state index contributed by atoms with van der Waals surface area (Å²) in [6.07, 6.45) is 0.830. The van der Waals surface area contributed by atoms with Gasteiger partial charge in [0.25, 0.3) is 0 Å². The van der Waals surface area contributed by atoms with Crippen molar-refractivity contribution in [2.24, 2.45) is 0 Å². The third kappa shape index (κ3) is 2.94. The fourth-order valence-corrected chi connectivity index (χ4v) is 5.33. The molecule has 1 nitrogen and oxygen atoms in total. The lowest BCUT2D eigenvalue weighted by atomic mass is 9.95. The second kappa shape index (κ2) is 7.60. The van der Waals surface area contributed by atoms with Crippen molar-refractivity contribution in [3.05, 3.63) is 132 Å². The van der Waals surface area contributed by atoms with E-state index < -0.39 is 0 Å². The molecular weight excluding hydrogens is 412 g/mol. The zero-order valence-corrected chi connectivity index (χ0v) is 18.7. The maximum absolute atomic E-state index is 6.76. The molecule has 0 aliphatic rings. The zero-order chi connectivity index (χ0) is 22.5. The highest BCUT2D eigenvalue weighted by Crippen LogP contribution is 2.42. The van der Waals surface area contributed by atoms with Gasteiger partial charge in [-0.25, -0.2) is 0 Å². The first-order chi connectivity index (χ1) is 16.9. The Morgan fingerprint density at radius 3 is 2.00 bits per heavy atom. The molecule has 0 fully saturated rings. The lowest BCUT2D eigenvalue weighted by Crippen LogP contribution is -1.90. The summed E-state index contributed by atoms with van der Waals surface area (Å²) in [4.78, 5) is 0. The van der Waals surface area contributed by atoms with Gasteiger partial charge in [-0.05, 0) is 44.3 Å². The second-order valence-corrected chi connectivity index (χ2v) is 8.93. The predicted molar refractivity (Wildman–Crippen MR) is 143 cm³/mol. The van der Waals surface area contributed by atoms with Gasteiger partial charge in [0.05, 0.1) is 0 Å². The third-order valence-electron chi connectivity index (χ3n) is 6.92. The maximum atomic E-state index is 6.76. The van der Waals surface area contributed by atoms with E-state index in [0.29, 0.717) is 0 Å². The minimum absolute atomic E-state index is 0.830. The smallest absolute Gasteiger partial charge is 0.143 e. The van der Waals surface area contributed by atoms with Crippen molar-refractivity contribution in [2.45, 2.75) is 6.42 Å². The largest absolute Gasteiger partial charge is 0.455 e. The molecule has 0 unspecified atom stereocenters. The molecule has 0 saturated heterocycles. The summed E-state index contributed by atoms with van der Waals surface area (Å²) in [6, 6.07) is 43.2. The molecule has 0 aliphatic carbocycles. The average Bonchev–Trinajstić information content (AvgIpc) is 3.30. The Labute approximate surface area is 197 Å². The highest BCUT2D eigenvalue weighted by atomic mass is 16.3. The Hall–Kier alpha value is -4.36. The molecule has 7 aromatic rings. The van der Waals surface area contributed by atoms with Crippen LogP contribution >= 0.6 is 0 Å². The Morgan fingerprint density at radius 1 is 0.471 bits per heavy atom. The monoisotopic (exact) mass is 434 g/mol. The lowest BCUT2D eigenvalue weighted by Gasteiger charge is -2.07. The van der Waals surface area contributed by atoms with Gasteiger partial charge in [-0.15, -0.1) is 0 Å². The third-order valence-corrected chi connectivity index (χ3v) is 6.92. The van der Waals surface area contributed by atoms with E-state index in [2.05, 4.69) is 121 Å². The molecule has 6 aromatic carbocycles. The molecule has 0 amide bonds. The van der Waals surface area contributed by atoms with Crippen molar-refractivity contribution in [3.8, 4) is 11.1 Å². The van der Waals surface area contributed by atoms with Crippen LogP contribution in [-0.2, 0) is 6.42 Å². The Kier molecular flexibility index (Phi) is 4.28. The van der Waals surface area contributed by atoms with Crippen molar-refractivity contribution < 1.29 is 4.42 Å². The summed E-state index contributed by atoms with van der Waals surface area (Å²) in [6.45, 7) is 0. The highest BCUT2D eigenvalue weighted by molar-refractivity contribution is 6.22. The van der Waals surface area contributed by atoms with Gasteiger partial charge in [0.2, 0.25) is 0 Å². The SMILES string of the molecule is c1ccc(-c2cc3ccccc3c3c2oc2c(Cc4cccc5ccccc45)cccc23)cc1. The summed E-state index contributed by atoms with van der Waals surface area (Å²) in [5, 5.41) is 7.42. The number of fused-ring (bicyclic) bond motifs is 6. The van der Waals surface area contributed by atoms with Crippen LogP contribution in [0.15, 0.2) is 126 Å². The summed E-state index contributed by atoms with van der Waals surface area (Å²) in [5.74, 6) is 0. The Balaban J connectivity index is 1.53. The first kappa shape index (κ1) is 19.1. The van der Waals surface area contributed by atoms with Crippen molar-refractivity contribution in [1.82, 2.24) is 0 Å². The quantitative estimate of drug-likeness (QED) is 0.270. The van der Waals surface area contributed by atoms with Crippen LogP contribution in [0.25, 0.3) is 54.6 Å². The molecule has 0 spiro atoms. The molecule has 1 aromatic heterocycles. The van der Waals surface area contributed by atoms with Crippen molar-refractivity contribution in [3.63, 3.8) is 0 Å². The fourth-order valence-electron chi connectivity index (χ4n) is 5.33. The molecule has 0 N–H and O–H groups in total. The number of para-hydroxylation sites is 1. The number of benzene rings is 6. The molecule has 0 aliphatic heterocycles. The van der Waals surface area contributed by atoms with Crippen LogP contribution in [-0.4, -0.2) is 0 Å². The standard InChI is InChI=1S/C33H22O/c1-2-10-23(11-3-1)30-21-25-13-5-7-18-28(25)31-29-19-9-16-26(32(29)34-33(30)31)20-24-15-8-14-22-12-4-6-17-27(22)24/h1-19,21H,20H2. The highest BCUT2D eigenvalue weighted by Gasteiger charge is 2.18. The first-order valence-corrected chi connectivity index (χ1v) is 11.7. The van der Waals surface area contributed by atoms with E-state index in [0.717, 1.165) is 23.2 Å². The van der Waals surface area contributed by atoms with Crippen LogP contribution < -0.4 is 0 Å². The Morgan fingerprint density at radius 2 is 1.12 bits per heavy atom. The normalized spacial score (nSPS) is 11.6. The topological polar surface area (TPSA) is 13.1 Å². The van der Waals surface area contributed by atoms with Gasteiger partial charge < -0.3 is 4.42 Å². The molecule has 0 radical (unpaired) electrons. The van der Waals surface area contributed by atoms with Gasteiger partial charge >= 0.3 is 0 Å². The minimum Gasteiger partial charge on any atom is -0.455 e. The zero-order valence-electron chi connectivity index (χ0n) is 18.7. The van der Waals surface area contributed by atoms with E-state index in [4.69, 9.17) is 4.42 Å². The van der Waals surface area contributed by atoms with E-state index >= 15 is 0 Å². The molecule has 34 heavy (non-hydrogen) atoms. The van der Waals surface area contributed by atoms with Crippen LogP contribution in [0.1, 0.15) is 11.1 Å². The van der Waals surface area contributed by atoms with E-state index in [1.165, 1.54) is 49.0 Å². The molecule has 1 heterocycles. The molecule has 7 rings (SSSR count). The van der Waals surface area contributed by atoms with Gasteiger partial charge in [0.1, 0.15) is 11.2 Å². The average molecular weight is 435 g/mol. The van der Waals surface area contributed by atoms with Crippen LogP contribution in [0, 0.1) is 0 Å². The van der Waals surface area contributed by atoms with E-state index in [9.17, 15) is 0 Å². The summed E-state index contributed by atoms with van der Waals surface area (Å²) < 4.78 is 6.76. The van der Waals surface area contributed by atoms with Gasteiger partial charge in [0, 0.05) is 22.8 Å². The lowest BCUT2D eigenvalue weighted by molar-refractivity contribution is 0.665. The number of rotatable bonds is 3. The predicted octanol–water partition coefficient (Wildman–Crippen LogP) is 9.15. The fraction of sp³-hybridized carbons (Fsp3) is 0.0303. The second-order valence-electron chi connectivity index (χ2n) is 8.93. The molecule has 0 bridgehead atoms. The van der Waals surface area contributed by atoms with Crippen LogP contribution in [0.5, 0.6) is 0 Å². The maximum Gasteiger partial charge on any atom is 0.143 e.